The van der Waals surface area contributed by atoms with Crippen LogP contribution in [0.25, 0.3) is 0 Å². The molecule has 0 fully saturated rings. The molecule has 1 atom stereocenters. The average molecular weight is 221 g/mol. The van der Waals surface area contributed by atoms with Crippen molar-refractivity contribution in [1.82, 2.24) is 5.32 Å². The Balaban J connectivity index is 3.16. The monoisotopic (exact) mass is 221 g/mol. The van der Waals surface area contributed by atoms with E-state index in [2.05, 4.69) is 45.1 Å². The Morgan fingerprint density at radius 3 is 1.94 bits per heavy atom. The second-order valence-corrected chi connectivity index (χ2v) is 4.70. The van der Waals surface area contributed by atoms with Crippen LogP contribution in [-0.2, 0) is 0 Å². The first kappa shape index (κ1) is 13.0. The normalized spacial score (nSPS) is 12.9. The fourth-order valence-corrected chi connectivity index (χ4v) is 2.37. The predicted octanol–water partition coefficient (Wildman–Crippen LogP) is 3.23. The minimum atomic E-state index is 0.406. The van der Waals surface area contributed by atoms with Crippen LogP contribution in [0.3, 0.4) is 0 Å². The third-order valence-corrected chi connectivity index (χ3v) is 3.02. The van der Waals surface area contributed by atoms with E-state index in [1.807, 2.05) is 7.05 Å². The molecule has 0 spiro atoms. The van der Waals surface area contributed by atoms with Crippen LogP contribution < -0.4 is 10.1 Å². The second kappa shape index (κ2) is 5.35. The molecule has 90 valence electrons. The molecule has 16 heavy (non-hydrogen) atoms. The van der Waals surface area contributed by atoms with Crippen molar-refractivity contribution < 1.29 is 4.74 Å². The predicted molar refractivity (Wildman–Crippen MR) is 69.1 cm³/mol. The van der Waals surface area contributed by atoms with E-state index in [-0.39, 0.29) is 0 Å². The van der Waals surface area contributed by atoms with E-state index in [9.17, 15) is 0 Å². The molecule has 2 heteroatoms. The molecule has 0 radical (unpaired) electrons. The van der Waals surface area contributed by atoms with Gasteiger partial charge in [-0.25, -0.2) is 0 Å². The zero-order chi connectivity index (χ0) is 12.3. The molecule has 0 saturated carbocycles. The summed E-state index contributed by atoms with van der Waals surface area (Å²) in [6, 6.07) is 4.84. The second-order valence-electron chi connectivity index (χ2n) is 4.70. The maximum absolute atomic E-state index is 5.38. The van der Waals surface area contributed by atoms with Gasteiger partial charge in [0.2, 0.25) is 0 Å². The van der Waals surface area contributed by atoms with Crippen LogP contribution in [0.1, 0.15) is 36.6 Å². The average Bonchev–Trinajstić information content (AvgIpc) is 2.17. The molecule has 0 aliphatic carbocycles. The highest BCUT2D eigenvalue weighted by molar-refractivity contribution is 5.44. The van der Waals surface area contributed by atoms with Gasteiger partial charge in [-0.2, -0.15) is 0 Å². The van der Waals surface area contributed by atoms with Crippen LogP contribution in [0, 0.1) is 19.8 Å². The van der Waals surface area contributed by atoms with E-state index in [0.717, 1.165) is 5.75 Å². The van der Waals surface area contributed by atoms with Gasteiger partial charge in [0.25, 0.3) is 0 Å². The van der Waals surface area contributed by atoms with Crippen LogP contribution in [0.15, 0.2) is 12.1 Å². The summed E-state index contributed by atoms with van der Waals surface area (Å²) in [4.78, 5) is 0. The number of hydrogen-bond donors (Lipinski definition) is 1. The van der Waals surface area contributed by atoms with E-state index < -0.39 is 0 Å². The fourth-order valence-electron chi connectivity index (χ4n) is 2.37. The summed E-state index contributed by atoms with van der Waals surface area (Å²) in [5, 5.41) is 3.37. The number of benzene rings is 1. The topological polar surface area (TPSA) is 21.3 Å². The smallest absolute Gasteiger partial charge is 0.124 e. The molecule has 0 saturated heterocycles. The van der Waals surface area contributed by atoms with Crippen LogP contribution in [-0.4, -0.2) is 14.2 Å². The molecule has 0 bridgehead atoms. The van der Waals surface area contributed by atoms with Crippen LogP contribution in [0.4, 0.5) is 0 Å². The summed E-state index contributed by atoms with van der Waals surface area (Å²) in [7, 11) is 3.74. The summed E-state index contributed by atoms with van der Waals surface area (Å²) in [6.07, 6.45) is 0. The lowest BCUT2D eigenvalue weighted by atomic mass is 9.93. The van der Waals surface area contributed by atoms with Crippen molar-refractivity contribution in [2.24, 2.45) is 5.92 Å². The van der Waals surface area contributed by atoms with Crippen LogP contribution in [0.2, 0.25) is 0 Å². The first-order valence-electron chi connectivity index (χ1n) is 5.83. The van der Waals surface area contributed by atoms with Gasteiger partial charge in [0.05, 0.1) is 7.11 Å². The fraction of sp³-hybridized carbons (Fsp3) is 0.571. The first-order valence-corrected chi connectivity index (χ1v) is 5.83. The highest BCUT2D eigenvalue weighted by Gasteiger charge is 2.15. The molecular formula is C14H23NO. The standard InChI is InChI=1S/C14H23NO/c1-9(2)13(15-5)12-7-10(3)14(16-6)11(4)8-12/h7-9,13,15H,1-6H3. The summed E-state index contributed by atoms with van der Waals surface area (Å²) in [6.45, 7) is 8.66. The molecule has 1 aromatic rings. The maximum Gasteiger partial charge on any atom is 0.124 e. The summed E-state index contributed by atoms with van der Waals surface area (Å²) in [5.74, 6) is 1.58. The number of nitrogens with one attached hydrogen (secondary N) is 1. The zero-order valence-corrected chi connectivity index (χ0v) is 11.2. The lowest BCUT2D eigenvalue weighted by Crippen LogP contribution is -2.22. The van der Waals surface area contributed by atoms with Crippen LogP contribution in [0.5, 0.6) is 5.75 Å². The largest absolute Gasteiger partial charge is 0.496 e. The lowest BCUT2D eigenvalue weighted by molar-refractivity contribution is 0.406. The Kier molecular flexibility index (Phi) is 4.36. The number of methoxy groups -OCH3 is 1. The summed E-state index contributed by atoms with van der Waals surface area (Å²) in [5.41, 5.74) is 3.75. The molecule has 1 N–H and O–H groups in total. The minimum Gasteiger partial charge on any atom is -0.496 e. The number of aryl methyl sites for hydroxylation is 2. The van der Waals surface area contributed by atoms with Gasteiger partial charge in [-0.05, 0) is 43.5 Å². The van der Waals surface area contributed by atoms with Crippen molar-refractivity contribution in [2.75, 3.05) is 14.2 Å². The van der Waals surface area contributed by atoms with Crippen molar-refractivity contribution in [2.45, 2.75) is 33.7 Å². The molecule has 0 aliphatic rings. The molecule has 1 aromatic carbocycles. The molecular weight excluding hydrogens is 198 g/mol. The summed E-state index contributed by atoms with van der Waals surface area (Å²) >= 11 is 0. The van der Waals surface area contributed by atoms with E-state index in [0.29, 0.717) is 12.0 Å². The van der Waals surface area contributed by atoms with Gasteiger partial charge in [0.15, 0.2) is 0 Å². The SMILES string of the molecule is CNC(c1cc(C)c(OC)c(C)c1)C(C)C. The third kappa shape index (κ3) is 2.56. The zero-order valence-electron chi connectivity index (χ0n) is 11.2. The molecule has 0 amide bonds. The Labute approximate surface area is 99.0 Å². The van der Waals surface area contributed by atoms with Gasteiger partial charge >= 0.3 is 0 Å². The number of ether oxygens (including phenoxy) is 1. The number of hydrogen-bond acceptors (Lipinski definition) is 2. The van der Waals surface area contributed by atoms with Crippen molar-refractivity contribution in [3.8, 4) is 5.75 Å². The van der Waals surface area contributed by atoms with E-state index in [4.69, 9.17) is 4.74 Å². The maximum atomic E-state index is 5.38. The summed E-state index contributed by atoms with van der Waals surface area (Å²) < 4.78 is 5.38. The molecule has 1 unspecified atom stereocenters. The Bertz CT molecular complexity index is 335. The van der Waals surface area contributed by atoms with Gasteiger partial charge in [-0.3, -0.25) is 0 Å². The van der Waals surface area contributed by atoms with E-state index in [1.165, 1.54) is 16.7 Å². The highest BCUT2D eigenvalue weighted by Crippen LogP contribution is 2.29. The Morgan fingerprint density at radius 1 is 1.12 bits per heavy atom. The molecule has 0 aromatic heterocycles. The molecule has 0 heterocycles. The van der Waals surface area contributed by atoms with Crippen molar-refractivity contribution in [1.29, 1.82) is 0 Å². The quantitative estimate of drug-likeness (QED) is 0.843. The first-order chi connectivity index (χ1) is 7.51. The third-order valence-electron chi connectivity index (χ3n) is 3.02. The van der Waals surface area contributed by atoms with Crippen molar-refractivity contribution in [3.05, 3.63) is 28.8 Å². The van der Waals surface area contributed by atoms with E-state index in [1.54, 1.807) is 7.11 Å². The molecule has 1 rings (SSSR count). The van der Waals surface area contributed by atoms with Gasteiger partial charge in [-0.15, -0.1) is 0 Å². The van der Waals surface area contributed by atoms with Gasteiger partial charge < -0.3 is 10.1 Å². The van der Waals surface area contributed by atoms with Crippen molar-refractivity contribution in [3.63, 3.8) is 0 Å². The number of rotatable bonds is 4. The Morgan fingerprint density at radius 2 is 1.62 bits per heavy atom. The Hall–Kier alpha value is -1.02. The lowest BCUT2D eigenvalue weighted by Gasteiger charge is -2.22. The highest BCUT2D eigenvalue weighted by atomic mass is 16.5. The van der Waals surface area contributed by atoms with E-state index >= 15 is 0 Å². The molecule has 0 aliphatic heterocycles. The molecule has 2 nitrogen and oxygen atoms in total. The van der Waals surface area contributed by atoms with Crippen LogP contribution >= 0.6 is 0 Å². The van der Waals surface area contributed by atoms with Gasteiger partial charge in [-0.1, -0.05) is 26.0 Å². The van der Waals surface area contributed by atoms with Gasteiger partial charge in [0, 0.05) is 6.04 Å². The van der Waals surface area contributed by atoms with Crippen molar-refractivity contribution >= 4 is 0 Å². The minimum absolute atomic E-state index is 0.406. The van der Waals surface area contributed by atoms with Gasteiger partial charge in [0.1, 0.15) is 5.75 Å².